The van der Waals surface area contributed by atoms with Gasteiger partial charge in [0.1, 0.15) is 0 Å². The summed E-state index contributed by atoms with van der Waals surface area (Å²) in [4.78, 5) is 0. The van der Waals surface area contributed by atoms with Crippen molar-refractivity contribution in [1.29, 1.82) is 0 Å². The zero-order chi connectivity index (χ0) is 12.2. The van der Waals surface area contributed by atoms with Gasteiger partial charge in [-0.25, -0.2) is 0 Å². The Morgan fingerprint density at radius 3 is 2.44 bits per heavy atom. The molecule has 96 valence electrons. The van der Waals surface area contributed by atoms with Gasteiger partial charge in [0.15, 0.2) is 0 Å². The van der Waals surface area contributed by atoms with Gasteiger partial charge >= 0.3 is 0 Å². The fraction of sp³-hybridized carbons (Fsp3) is 1.00. The van der Waals surface area contributed by atoms with Gasteiger partial charge in [-0.2, -0.15) is 0 Å². The van der Waals surface area contributed by atoms with Crippen molar-refractivity contribution in [1.82, 2.24) is 5.32 Å². The molecule has 1 saturated carbocycles. The molecule has 0 unspecified atom stereocenters. The molecule has 1 aliphatic rings. The van der Waals surface area contributed by atoms with E-state index in [2.05, 4.69) is 33.0 Å². The molecule has 1 fully saturated rings. The lowest BCUT2D eigenvalue weighted by Gasteiger charge is -2.35. The molecule has 2 N–H and O–H groups in total. The van der Waals surface area contributed by atoms with Crippen LogP contribution in [-0.4, -0.2) is 24.3 Å². The first kappa shape index (κ1) is 14.0. The van der Waals surface area contributed by atoms with Gasteiger partial charge in [-0.1, -0.05) is 27.7 Å². The molecule has 0 aromatic rings. The van der Waals surface area contributed by atoms with E-state index in [1.807, 2.05) is 0 Å². The van der Waals surface area contributed by atoms with Gasteiger partial charge < -0.3 is 10.4 Å². The summed E-state index contributed by atoms with van der Waals surface area (Å²) in [6.45, 7) is 10.5. The van der Waals surface area contributed by atoms with Crippen LogP contribution in [0.4, 0.5) is 0 Å². The van der Waals surface area contributed by atoms with E-state index in [0.29, 0.717) is 12.6 Å². The minimum absolute atomic E-state index is 0.223. The summed E-state index contributed by atoms with van der Waals surface area (Å²) < 4.78 is 0. The molecule has 0 bridgehead atoms. The molecule has 2 nitrogen and oxygen atoms in total. The topological polar surface area (TPSA) is 32.3 Å². The molecule has 0 amide bonds. The van der Waals surface area contributed by atoms with Crippen LogP contribution in [0.25, 0.3) is 0 Å². The van der Waals surface area contributed by atoms with Crippen molar-refractivity contribution >= 4 is 0 Å². The van der Waals surface area contributed by atoms with Crippen molar-refractivity contribution < 1.29 is 5.11 Å². The molecule has 0 heterocycles. The predicted molar refractivity (Wildman–Crippen MR) is 69.5 cm³/mol. The third-order valence-electron chi connectivity index (χ3n) is 4.26. The number of hydrogen-bond acceptors (Lipinski definition) is 2. The van der Waals surface area contributed by atoms with E-state index >= 15 is 0 Å². The number of nitrogens with one attached hydrogen (secondary N) is 1. The summed E-state index contributed by atoms with van der Waals surface area (Å²) in [5.41, 5.74) is 0.223. The molecule has 0 aliphatic heterocycles. The van der Waals surface area contributed by atoms with Gasteiger partial charge in [-0.3, -0.25) is 0 Å². The van der Waals surface area contributed by atoms with Gasteiger partial charge in [-0.15, -0.1) is 0 Å². The first-order valence-electron chi connectivity index (χ1n) is 6.79. The maximum absolute atomic E-state index is 8.99. The van der Waals surface area contributed by atoms with Crippen molar-refractivity contribution in [3.8, 4) is 0 Å². The summed E-state index contributed by atoms with van der Waals surface area (Å²) in [5.74, 6) is 1.75. The SMILES string of the molecule is C[C@@H]1CC[C@@H](NCC(C)(C)CCO)C[C@H]1C. The molecule has 1 aliphatic carbocycles. The highest BCUT2D eigenvalue weighted by Gasteiger charge is 2.26. The fourth-order valence-electron chi connectivity index (χ4n) is 2.54. The summed E-state index contributed by atoms with van der Waals surface area (Å²) in [7, 11) is 0. The summed E-state index contributed by atoms with van der Waals surface area (Å²) in [5, 5.41) is 12.7. The van der Waals surface area contributed by atoms with Gasteiger partial charge in [0.05, 0.1) is 0 Å². The van der Waals surface area contributed by atoms with Crippen molar-refractivity contribution in [3.63, 3.8) is 0 Å². The molecular weight excluding hydrogens is 198 g/mol. The van der Waals surface area contributed by atoms with Crippen molar-refractivity contribution in [3.05, 3.63) is 0 Å². The number of aliphatic hydroxyl groups is 1. The van der Waals surface area contributed by atoms with Crippen LogP contribution in [0.2, 0.25) is 0 Å². The van der Waals surface area contributed by atoms with E-state index in [9.17, 15) is 0 Å². The Bertz CT molecular complexity index is 203. The molecule has 0 aromatic carbocycles. The second-order valence-corrected chi connectivity index (χ2v) is 6.48. The lowest BCUT2D eigenvalue weighted by molar-refractivity contribution is 0.180. The predicted octanol–water partition coefficient (Wildman–Crippen LogP) is 2.81. The molecule has 2 heteroatoms. The molecule has 16 heavy (non-hydrogen) atoms. The average molecular weight is 227 g/mol. The Labute approximate surface area is 101 Å². The van der Waals surface area contributed by atoms with E-state index in [1.54, 1.807) is 0 Å². The van der Waals surface area contributed by atoms with Crippen molar-refractivity contribution in [2.45, 2.75) is 59.4 Å². The fourth-order valence-corrected chi connectivity index (χ4v) is 2.54. The van der Waals surface area contributed by atoms with Crippen molar-refractivity contribution in [2.24, 2.45) is 17.3 Å². The molecular formula is C14H29NO. The van der Waals surface area contributed by atoms with Crippen LogP contribution in [0.3, 0.4) is 0 Å². The molecule has 0 saturated heterocycles. The Balaban J connectivity index is 2.28. The first-order chi connectivity index (χ1) is 7.44. The van der Waals surface area contributed by atoms with E-state index in [-0.39, 0.29) is 5.41 Å². The summed E-state index contributed by atoms with van der Waals surface area (Å²) in [6, 6.07) is 0.698. The third kappa shape index (κ3) is 4.42. The van der Waals surface area contributed by atoms with E-state index in [0.717, 1.165) is 24.8 Å². The average Bonchev–Trinajstić information content (AvgIpc) is 2.20. The molecule has 3 atom stereocenters. The van der Waals surface area contributed by atoms with Crippen LogP contribution in [-0.2, 0) is 0 Å². The Hall–Kier alpha value is -0.0800. The Kier molecular flexibility index (Phi) is 5.26. The normalized spacial score (nSPS) is 31.7. The highest BCUT2D eigenvalue weighted by Crippen LogP contribution is 2.30. The third-order valence-corrected chi connectivity index (χ3v) is 4.26. The summed E-state index contributed by atoms with van der Waals surface area (Å²) in [6.07, 6.45) is 4.88. The highest BCUT2D eigenvalue weighted by atomic mass is 16.3. The molecule has 0 radical (unpaired) electrons. The maximum atomic E-state index is 8.99. The van der Waals surface area contributed by atoms with Crippen LogP contribution in [0.15, 0.2) is 0 Å². The van der Waals surface area contributed by atoms with Gasteiger partial charge in [0.2, 0.25) is 0 Å². The monoisotopic (exact) mass is 227 g/mol. The van der Waals surface area contributed by atoms with E-state index in [4.69, 9.17) is 5.11 Å². The van der Waals surface area contributed by atoms with Crippen LogP contribution < -0.4 is 5.32 Å². The van der Waals surface area contributed by atoms with Crippen LogP contribution in [0.5, 0.6) is 0 Å². The van der Waals surface area contributed by atoms with Gasteiger partial charge in [0, 0.05) is 19.2 Å². The minimum Gasteiger partial charge on any atom is -0.396 e. The minimum atomic E-state index is 0.223. The number of hydrogen-bond donors (Lipinski definition) is 2. The standard InChI is InChI=1S/C14H29NO/c1-11-5-6-13(9-12(11)2)15-10-14(3,4)7-8-16/h11-13,15-16H,5-10H2,1-4H3/t11-,12-,13-/m1/s1. The summed E-state index contributed by atoms with van der Waals surface area (Å²) >= 11 is 0. The van der Waals surface area contributed by atoms with Crippen LogP contribution in [0, 0.1) is 17.3 Å². The molecule has 0 spiro atoms. The smallest absolute Gasteiger partial charge is 0.0436 e. The Morgan fingerprint density at radius 2 is 1.88 bits per heavy atom. The first-order valence-corrected chi connectivity index (χ1v) is 6.79. The van der Waals surface area contributed by atoms with E-state index < -0.39 is 0 Å². The zero-order valence-electron chi connectivity index (χ0n) is 11.4. The lowest BCUT2D eigenvalue weighted by Crippen LogP contribution is -2.41. The molecule has 0 aromatic heterocycles. The quantitative estimate of drug-likeness (QED) is 0.757. The molecule has 1 rings (SSSR count). The second-order valence-electron chi connectivity index (χ2n) is 6.48. The van der Waals surface area contributed by atoms with E-state index in [1.165, 1.54) is 19.3 Å². The number of rotatable bonds is 5. The van der Waals surface area contributed by atoms with Crippen molar-refractivity contribution in [2.75, 3.05) is 13.2 Å². The number of aliphatic hydroxyl groups excluding tert-OH is 1. The van der Waals surface area contributed by atoms with Crippen LogP contribution >= 0.6 is 0 Å². The lowest BCUT2D eigenvalue weighted by atomic mass is 9.78. The van der Waals surface area contributed by atoms with Gasteiger partial charge in [-0.05, 0) is 42.9 Å². The second kappa shape index (κ2) is 6.02. The van der Waals surface area contributed by atoms with Crippen LogP contribution in [0.1, 0.15) is 53.4 Å². The Morgan fingerprint density at radius 1 is 1.19 bits per heavy atom. The van der Waals surface area contributed by atoms with Gasteiger partial charge in [0.25, 0.3) is 0 Å². The largest absolute Gasteiger partial charge is 0.396 e. The zero-order valence-corrected chi connectivity index (χ0v) is 11.4. The maximum Gasteiger partial charge on any atom is 0.0436 e. The highest BCUT2D eigenvalue weighted by molar-refractivity contribution is 4.82.